The van der Waals surface area contributed by atoms with Crippen LogP contribution >= 0.6 is 11.8 Å². The highest BCUT2D eigenvalue weighted by Crippen LogP contribution is 2.33. The molecule has 5 heteroatoms. The van der Waals surface area contributed by atoms with Crippen LogP contribution in [0.2, 0.25) is 0 Å². The van der Waals surface area contributed by atoms with Crippen molar-refractivity contribution >= 4 is 23.4 Å². The summed E-state index contributed by atoms with van der Waals surface area (Å²) in [7, 11) is 0. The van der Waals surface area contributed by atoms with Gasteiger partial charge in [0.2, 0.25) is 5.91 Å². The number of fused-ring (bicyclic) bond motifs is 1. The molecule has 1 aliphatic heterocycles. The van der Waals surface area contributed by atoms with Gasteiger partial charge in [0.15, 0.2) is 0 Å². The standard InChI is InChI=1S/C15H16N2O2S/c18-15(16-10-12-4-3-8-19-12)11-17-7-9-20-14-6-2-1-5-13(14)17/h1-6,8H,7,9-11H2,(H,16,18). The van der Waals surface area contributed by atoms with Gasteiger partial charge in [-0.1, -0.05) is 12.1 Å². The maximum absolute atomic E-state index is 12.0. The highest BCUT2D eigenvalue weighted by Gasteiger charge is 2.18. The molecule has 0 unspecified atom stereocenters. The Bertz CT molecular complexity index is 583. The zero-order chi connectivity index (χ0) is 13.8. The van der Waals surface area contributed by atoms with E-state index in [0.717, 1.165) is 23.7 Å². The molecule has 0 aliphatic carbocycles. The van der Waals surface area contributed by atoms with Crippen LogP contribution in [0.3, 0.4) is 0 Å². The minimum Gasteiger partial charge on any atom is -0.467 e. The smallest absolute Gasteiger partial charge is 0.239 e. The summed E-state index contributed by atoms with van der Waals surface area (Å²) in [5.41, 5.74) is 1.15. The molecule has 0 fully saturated rings. The zero-order valence-corrected chi connectivity index (χ0v) is 11.9. The maximum Gasteiger partial charge on any atom is 0.239 e. The molecule has 0 spiro atoms. The fourth-order valence-corrected chi connectivity index (χ4v) is 3.27. The van der Waals surface area contributed by atoms with Crippen LogP contribution in [-0.4, -0.2) is 24.7 Å². The lowest BCUT2D eigenvalue weighted by Crippen LogP contribution is -2.39. The third kappa shape index (κ3) is 2.99. The van der Waals surface area contributed by atoms with E-state index in [1.54, 1.807) is 6.26 Å². The topological polar surface area (TPSA) is 45.5 Å². The molecule has 4 nitrogen and oxygen atoms in total. The number of furan rings is 1. The number of hydrogen-bond acceptors (Lipinski definition) is 4. The number of nitrogens with one attached hydrogen (secondary N) is 1. The van der Waals surface area contributed by atoms with E-state index in [9.17, 15) is 4.79 Å². The molecule has 2 heterocycles. The minimum absolute atomic E-state index is 0.0168. The van der Waals surface area contributed by atoms with Crippen molar-refractivity contribution in [2.24, 2.45) is 0 Å². The fourth-order valence-electron chi connectivity index (χ4n) is 2.22. The van der Waals surface area contributed by atoms with Crippen molar-refractivity contribution in [3.8, 4) is 0 Å². The molecule has 3 rings (SSSR count). The lowest BCUT2D eigenvalue weighted by Gasteiger charge is -2.30. The first-order valence-electron chi connectivity index (χ1n) is 6.59. The van der Waals surface area contributed by atoms with Crippen LogP contribution < -0.4 is 10.2 Å². The van der Waals surface area contributed by atoms with Crippen LogP contribution in [0, 0.1) is 0 Å². The molecule has 0 radical (unpaired) electrons. The average Bonchev–Trinajstić information content (AvgIpc) is 2.99. The average molecular weight is 288 g/mol. The van der Waals surface area contributed by atoms with Gasteiger partial charge in [-0.25, -0.2) is 0 Å². The van der Waals surface area contributed by atoms with Crippen molar-refractivity contribution in [3.05, 3.63) is 48.4 Å². The van der Waals surface area contributed by atoms with E-state index in [2.05, 4.69) is 22.3 Å². The molecular formula is C15H16N2O2S. The fraction of sp³-hybridized carbons (Fsp3) is 0.267. The Balaban J connectivity index is 1.59. The molecule has 1 aliphatic rings. The molecular weight excluding hydrogens is 272 g/mol. The molecule has 1 N–H and O–H groups in total. The first-order valence-corrected chi connectivity index (χ1v) is 7.57. The van der Waals surface area contributed by atoms with Crippen molar-refractivity contribution < 1.29 is 9.21 Å². The number of carbonyl (C=O) groups is 1. The van der Waals surface area contributed by atoms with Crippen LogP contribution in [-0.2, 0) is 11.3 Å². The number of nitrogens with zero attached hydrogens (tertiary/aromatic N) is 1. The summed E-state index contributed by atoms with van der Waals surface area (Å²) in [5, 5.41) is 2.88. The SMILES string of the molecule is O=C(CN1CCSc2ccccc21)NCc1ccco1. The number of carbonyl (C=O) groups excluding carboxylic acids is 1. The predicted molar refractivity (Wildman–Crippen MR) is 79.9 cm³/mol. The van der Waals surface area contributed by atoms with Gasteiger partial charge in [-0.2, -0.15) is 0 Å². The molecule has 0 atom stereocenters. The molecule has 0 saturated heterocycles. The number of rotatable bonds is 4. The Labute approximate surface area is 122 Å². The summed E-state index contributed by atoms with van der Waals surface area (Å²) in [5.74, 6) is 1.80. The van der Waals surface area contributed by atoms with E-state index < -0.39 is 0 Å². The Kier molecular flexibility index (Phi) is 3.97. The summed E-state index contributed by atoms with van der Waals surface area (Å²) >= 11 is 1.84. The number of anilines is 1. The van der Waals surface area contributed by atoms with Crippen LogP contribution in [0.25, 0.3) is 0 Å². The molecule has 1 aromatic heterocycles. The predicted octanol–water partition coefficient (Wildman–Crippen LogP) is 2.51. The zero-order valence-electron chi connectivity index (χ0n) is 11.0. The normalized spacial score (nSPS) is 13.9. The third-order valence-electron chi connectivity index (χ3n) is 3.20. The number of thioether (sulfide) groups is 1. The van der Waals surface area contributed by atoms with Crippen molar-refractivity contribution in [1.82, 2.24) is 5.32 Å². The van der Waals surface area contributed by atoms with Crippen LogP contribution in [0.4, 0.5) is 5.69 Å². The molecule has 2 aromatic rings. The van der Waals surface area contributed by atoms with E-state index in [-0.39, 0.29) is 5.91 Å². The van der Waals surface area contributed by atoms with Gasteiger partial charge < -0.3 is 14.6 Å². The van der Waals surface area contributed by atoms with Gasteiger partial charge in [0.1, 0.15) is 5.76 Å². The van der Waals surface area contributed by atoms with Crippen molar-refractivity contribution in [3.63, 3.8) is 0 Å². The summed E-state index contributed by atoms with van der Waals surface area (Å²) in [6.07, 6.45) is 1.61. The van der Waals surface area contributed by atoms with Gasteiger partial charge in [0, 0.05) is 17.2 Å². The monoisotopic (exact) mass is 288 g/mol. The second kappa shape index (κ2) is 6.05. The van der Waals surface area contributed by atoms with Crippen molar-refractivity contribution in [2.45, 2.75) is 11.4 Å². The second-order valence-corrected chi connectivity index (χ2v) is 5.73. The molecule has 104 valence electrons. The van der Waals surface area contributed by atoms with E-state index in [1.165, 1.54) is 4.90 Å². The van der Waals surface area contributed by atoms with Crippen molar-refractivity contribution in [1.29, 1.82) is 0 Å². The van der Waals surface area contributed by atoms with Gasteiger partial charge in [-0.3, -0.25) is 4.79 Å². The van der Waals surface area contributed by atoms with Crippen LogP contribution in [0.15, 0.2) is 52.0 Å². The highest BCUT2D eigenvalue weighted by molar-refractivity contribution is 7.99. The lowest BCUT2D eigenvalue weighted by atomic mass is 10.2. The first kappa shape index (κ1) is 13.1. The van der Waals surface area contributed by atoms with E-state index in [1.807, 2.05) is 36.0 Å². The van der Waals surface area contributed by atoms with Gasteiger partial charge in [-0.05, 0) is 24.3 Å². The quantitative estimate of drug-likeness (QED) is 0.939. The highest BCUT2D eigenvalue weighted by atomic mass is 32.2. The minimum atomic E-state index is 0.0168. The first-order chi connectivity index (χ1) is 9.83. The van der Waals surface area contributed by atoms with Gasteiger partial charge in [-0.15, -0.1) is 11.8 Å². The summed E-state index contributed by atoms with van der Waals surface area (Å²) in [4.78, 5) is 15.4. The Morgan fingerprint density at radius 1 is 1.30 bits per heavy atom. The lowest BCUT2D eigenvalue weighted by molar-refractivity contribution is -0.120. The van der Waals surface area contributed by atoms with Gasteiger partial charge in [0.05, 0.1) is 25.0 Å². The van der Waals surface area contributed by atoms with Gasteiger partial charge >= 0.3 is 0 Å². The number of hydrogen-bond donors (Lipinski definition) is 1. The van der Waals surface area contributed by atoms with Gasteiger partial charge in [0.25, 0.3) is 0 Å². The van der Waals surface area contributed by atoms with E-state index in [4.69, 9.17) is 4.42 Å². The molecule has 0 bridgehead atoms. The maximum atomic E-state index is 12.0. The molecule has 1 amide bonds. The molecule has 20 heavy (non-hydrogen) atoms. The Morgan fingerprint density at radius 3 is 3.05 bits per heavy atom. The summed E-state index contributed by atoms with van der Waals surface area (Å²) in [6.45, 7) is 1.73. The number of para-hydroxylation sites is 1. The Morgan fingerprint density at radius 2 is 2.20 bits per heavy atom. The second-order valence-electron chi connectivity index (χ2n) is 4.59. The van der Waals surface area contributed by atoms with Crippen LogP contribution in [0.5, 0.6) is 0 Å². The number of benzene rings is 1. The van der Waals surface area contributed by atoms with Crippen LogP contribution in [0.1, 0.15) is 5.76 Å². The third-order valence-corrected chi connectivity index (χ3v) is 4.24. The molecule has 0 saturated carbocycles. The number of amides is 1. The van der Waals surface area contributed by atoms with E-state index in [0.29, 0.717) is 13.1 Å². The largest absolute Gasteiger partial charge is 0.467 e. The van der Waals surface area contributed by atoms with E-state index >= 15 is 0 Å². The van der Waals surface area contributed by atoms with Crippen molar-refractivity contribution in [2.75, 3.05) is 23.7 Å². The molecule has 1 aromatic carbocycles. The Hall–Kier alpha value is -1.88. The summed E-state index contributed by atoms with van der Waals surface area (Å²) in [6, 6.07) is 11.9. The summed E-state index contributed by atoms with van der Waals surface area (Å²) < 4.78 is 5.20.